The van der Waals surface area contributed by atoms with Crippen LogP contribution in [0.1, 0.15) is 41.3 Å². The van der Waals surface area contributed by atoms with Crippen molar-refractivity contribution in [3.05, 3.63) is 99.6 Å². The Labute approximate surface area is 221 Å². The van der Waals surface area contributed by atoms with E-state index < -0.39 is 4.92 Å². The molecule has 0 N–H and O–H groups in total. The third-order valence-corrected chi connectivity index (χ3v) is 7.27. The van der Waals surface area contributed by atoms with Gasteiger partial charge >= 0.3 is 6.09 Å². The summed E-state index contributed by atoms with van der Waals surface area (Å²) in [5, 5.41) is 12.0. The van der Waals surface area contributed by atoms with E-state index in [0.29, 0.717) is 50.3 Å². The molecule has 3 aromatic carbocycles. The largest absolute Gasteiger partial charge is 0.444 e. The number of hydrogen-bond donors (Lipinski definition) is 0. The fourth-order valence-corrected chi connectivity index (χ4v) is 5.27. The van der Waals surface area contributed by atoms with Crippen LogP contribution in [0.5, 0.6) is 0 Å². The van der Waals surface area contributed by atoms with Crippen LogP contribution >= 0.6 is 0 Å². The van der Waals surface area contributed by atoms with Gasteiger partial charge in [0.25, 0.3) is 11.6 Å². The summed E-state index contributed by atoms with van der Waals surface area (Å²) in [5.41, 5.74) is 3.52. The molecule has 9 heteroatoms. The molecular formula is C29H30N4O5. The van der Waals surface area contributed by atoms with Gasteiger partial charge in [0.15, 0.2) is 0 Å². The number of nitrogens with zero attached hydrogens (tertiary/aromatic N) is 4. The quantitative estimate of drug-likeness (QED) is 0.310. The Morgan fingerprint density at radius 1 is 1.03 bits per heavy atom. The molecule has 38 heavy (non-hydrogen) atoms. The number of rotatable bonds is 7. The van der Waals surface area contributed by atoms with Gasteiger partial charge in [-0.3, -0.25) is 19.8 Å². The molecule has 2 aliphatic rings. The smallest absolute Gasteiger partial charge is 0.414 e. The van der Waals surface area contributed by atoms with Crippen LogP contribution in [0.25, 0.3) is 0 Å². The lowest BCUT2D eigenvalue weighted by Crippen LogP contribution is -2.49. The normalized spacial score (nSPS) is 15.6. The lowest BCUT2D eigenvalue weighted by atomic mass is 9.99. The predicted octanol–water partition coefficient (Wildman–Crippen LogP) is 5.38. The van der Waals surface area contributed by atoms with Gasteiger partial charge in [0.05, 0.1) is 10.6 Å². The number of hydrogen-bond acceptors (Lipinski definition) is 6. The molecule has 2 heterocycles. The maximum Gasteiger partial charge on any atom is 0.414 e. The Hall–Kier alpha value is -4.40. The molecule has 0 atom stereocenters. The number of amides is 2. The summed E-state index contributed by atoms with van der Waals surface area (Å²) in [6, 6.07) is 22.0. The summed E-state index contributed by atoms with van der Waals surface area (Å²) in [6.45, 7) is 4.16. The van der Waals surface area contributed by atoms with E-state index in [4.69, 9.17) is 4.74 Å². The second-order valence-electron chi connectivity index (χ2n) is 9.54. The van der Waals surface area contributed by atoms with Crippen molar-refractivity contribution in [3.63, 3.8) is 0 Å². The minimum atomic E-state index is -0.427. The van der Waals surface area contributed by atoms with Gasteiger partial charge in [-0.1, -0.05) is 48.5 Å². The second kappa shape index (κ2) is 10.9. The molecule has 5 rings (SSSR count). The number of para-hydroxylation sites is 1. The highest BCUT2D eigenvalue weighted by atomic mass is 16.6. The third-order valence-electron chi connectivity index (χ3n) is 7.27. The Morgan fingerprint density at radius 3 is 2.45 bits per heavy atom. The van der Waals surface area contributed by atoms with Gasteiger partial charge in [-0.05, 0) is 43.5 Å². The van der Waals surface area contributed by atoms with E-state index in [1.165, 1.54) is 6.07 Å². The number of piperidine rings is 1. The summed E-state index contributed by atoms with van der Waals surface area (Å²) >= 11 is 0. The number of nitro benzene ring substituents is 1. The molecule has 2 amide bonds. The van der Waals surface area contributed by atoms with E-state index in [2.05, 4.69) is 0 Å². The zero-order valence-corrected chi connectivity index (χ0v) is 21.3. The molecule has 1 fully saturated rings. The first-order valence-electron chi connectivity index (χ1n) is 12.9. The van der Waals surface area contributed by atoms with Crippen LogP contribution in [0.3, 0.4) is 0 Å². The van der Waals surface area contributed by atoms with Gasteiger partial charge in [-0.25, -0.2) is 4.79 Å². The summed E-state index contributed by atoms with van der Waals surface area (Å²) in [4.78, 5) is 42.8. The van der Waals surface area contributed by atoms with Crippen LogP contribution in [0.15, 0.2) is 72.8 Å². The van der Waals surface area contributed by atoms with Crippen molar-refractivity contribution in [2.45, 2.75) is 39.0 Å². The van der Waals surface area contributed by atoms with Crippen LogP contribution in [-0.4, -0.2) is 47.5 Å². The van der Waals surface area contributed by atoms with Gasteiger partial charge in [-0.2, -0.15) is 0 Å². The van der Waals surface area contributed by atoms with Crippen molar-refractivity contribution in [3.8, 4) is 0 Å². The molecule has 0 bridgehead atoms. The molecule has 0 aliphatic carbocycles. The highest BCUT2D eigenvalue weighted by Crippen LogP contribution is 2.35. The highest BCUT2D eigenvalue weighted by molar-refractivity contribution is 5.96. The van der Waals surface area contributed by atoms with Gasteiger partial charge in [0.1, 0.15) is 12.3 Å². The summed E-state index contributed by atoms with van der Waals surface area (Å²) in [7, 11) is 0. The first kappa shape index (κ1) is 25.3. The van der Waals surface area contributed by atoms with E-state index in [-0.39, 0.29) is 30.3 Å². The third kappa shape index (κ3) is 5.04. The molecule has 1 saturated heterocycles. The van der Waals surface area contributed by atoms with E-state index in [1.54, 1.807) is 21.9 Å². The number of ether oxygens (including phenoxy) is 1. The Morgan fingerprint density at radius 2 is 1.74 bits per heavy atom. The maximum absolute atomic E-state index is 13.2. The van der Waals surface area contributed by atoms with E-state index in [9.17, 15) is 19.7 Å². The summed E-state index contributed by atoms with van der Waals surface area (Å²) in [5.74, 6) is -0.244. The fraction of sp³-hybridized carbons (Fsp3) is 0.310. The van der Waals surface area contributed by atoms with Gasteiger partial charge in [-0.15, -0.1) is 0 Å². The average molecular weight is 515 g/mol. The number of anilines is 2. The SMILES string of the molecule is CCN(Cc1ccccc1)C(=O)c1ccc(N2CCC(N3C(=O)OCc4ccccc43)CC2)c([N+](=O)[O-])c1. The molecule has 0 saturated carbocycles. The van der Waals surface area contributed by atoms with Crippen molar-refractivity contribution >= 4 is 29.1 Å². The van der Waals surface area contributed by atoms with E-state index in [0.717, 1.165) is 16.8 Å². The molecule has 0 spiro atoms. The number of carbonyl (C=O) groups excluding carboxylic acids is 2. The first-order valence-corrected chi connectivity index (χ1v) is 12.9. The van der Waals surface area contributed by atoms with Crippen LogP contribution in [0.4, 0.5) is 21.9 Å². The first-order chi connectivity index (χ1) is 18.5. The van der Waals surface area contributed by atoms with Crippen molar-refractivity contribution in [1.82, 2.24) is 4.90 Å². The lowest BCUT2D eigenvalue weighted by molar-refractivity contribution is -0.384. The summed E-state index contributed by atoms with van der Waals surface area (Å²) in [6.07, 6.45) is 0.927. The van der Waals surface area contributed by atoms with Crippen LogP contribution in [0.2, 0.25) is 0 Å². The molecule has 0 aromatic heterocycles. The fourth-order valence-electron chi connectivity index (χ4n) is 5.27. The minimum Gasteiger partial charge on any atom is -0.444 e. The maximum atomic E-state index is 13.2. The van der Waals surface area contributed by atoms with Crippen LogP contribution < -0.4 is 9.80 Å². The monoisotopic (exact) mass is 514 g/mol. The Kier molecular flexibility index (Phi) is 7.26. The molecule has 9 nitrogen and oxygen atoms in total. The Balaban J connectivity index is 1.32. The van der Waals surface area contributed by atoms with Gasteiger partial charge in [0, 0.05) is 49.4 Å². The number of nitro groups is 1. The lowest BCUT2D eigenvalue weighted by Gasteiger charge is -2.40. The van der Waals surface area contributed by atoms with Crippen molar-refractivity contribution in [2.75, 3.05) is 29.4 Å². The van der Waals surface area contributed by atoms with E-state index in [1.807, 2.05) is 66.4 Å². The second-order valence-corrected chi connectivity index (χ2v) is 9.54. The van der Waals surface area contributed by atoms with Crippen molar-refractivity contribution < 1.29 is 19.2 Å². The Bertz CT molecular complexity index is 1340. The number of carbonyl (C=O) groups is 2. The highest BCUT2D eigenvalue weighted by Gasteiger charge is 2.35. The molecule has 2 aliphatic heterocycles. The zero-order chi connectivity index (χ0) is 26.6. The molecule has 196 valence electrons. The van der Waals surface area contributed by atoms with Crippen molar-refractivity contribution in [2.24, 2.45) is 0 Å². The number of cyclic esters (lactones) is 1. The minimum absolute atomic E-state index is 0.0591. The number of benzene rings is 3. The average Bonchev–Trinajstić information content (AvgIpc) is 2.96. The molecular weight excluding hydrogens is 484 g/mol. The molecule has 0 unspecified atom stereocenters. The van der Waals surface area contributed by atoms with Gasteiger partial charge in [0.2, 0.25) is 0 Å². The molecule has 0 radical (unpaired) electrons. The van der Waals surface area contributed by atoms with Crippen LogP contribution in [0, 0.1) is 10.1 Å². The van der Waals surface area contributed by atoms with E-state index >= 15 is 0 Å². The van der Waals surface area contributed by atoms with Crippen LogP contribution in [-0.2, 0) is 17.9 Å². The standard InChI is InChI=1S/C29H30N4O5/c1-2-30(19-21-8-4-3-5-9-21)28(34)22-12-13-26(27(18-22)33(36)37)31-16-14-24(15-17-31)32-25-11-7-6-10-23(25)20-38-29(32)35/h3-13,18,24H,2,14-17,19-20H2,1H3. The topological polar surface area (TPSA) is 96.2 Å². The predicted molar refractivity (Wildman–Crippen MR) is 144 cm³/mol. The van der Waals surface area contributed by atoms with Gasteiger partial charge < -0.3 is 14.5 Å². The summed E-state index contributed by atoms with van der Waals surface area (Å²) < 4.78 is 5.38. The van der Waals surface area contributed by atoms with Crippen molar-refractivity contribution in [1.29, 1.82) is 0 Å². The molecule has 3 aromatic rings. The zero-order valence-electron chi connectivity index (χ0n) is 21.3. The number of fused-ring (bicyclic) bond motifs is 1.